The molecule has 0 aliphatic carbocycles. The Kier molecular flexibility index (Phi) is 14.1. The zero-order chi connectivity index (χ0) is 24.8. The van der Waals surface area contributed by atoms with Gasteiger partial charge in [0.2, 0.25) is 17.7 Å². The lowest BCUT2D eigenvalue weighted by Crippen LogP contribution is -2.57. The van der Waals surface area contributed by atoms with Crippen LogP contribution in [0.3, 0.4) is 0 Å². The molecule has 0 bridgehead atoms. The number of thioether (sulfide) groups is 1. The Hall–Kier alpha value is -2.52. The van der Waals surface area contributed by atoms with Crippen LogP contribution < -0.4 is 21.7 Å². The van der Waals surface area contributed by atoms with E-state index in [4.69, 9.17) is 15.9 Å². The number of nitrogens with one attached hydrogen (secondary N) is 3. The quantitative estimate of drug-likeness (QED) is 0.108. The summed E-state index contributed by atoms with van der Waals surface area (Å²) in [6.07, 6.45) is 0.387. The van der Waals surface area contributed by atoms with Crippen molar-refractivity contribution in [2.24, 2.45) is 5.73 Å². The number of thiol groups is 1. The minimum Gasteiger partial charge on any atom is -0.481 e. The summed E-state index contributed by atoms with van der Waals surface area (Å²) < 4.78 is 0. The van der Waals surface area contributed by atoms with Gasteiger partial charge in [0, 0.05) is 12.2 Å². The molecule has 0 rings (SSSR count). The fourth-order valence-corrected chi connectivity index (χ4v) is 3.06. The van der Waals surface area contributed by atoms with E-state index in [1.54, 1.807) is 6.26 Å². The predicted molar refractivity (Wildman–Crippen MR) is 117 cm³/mol. The van der Waals surface area contributed by atoms with E-state index in [1.807, 2.05) is 0 Å². The Morgan fingerprint density at radius 2 is 1.38 bits per heavy atom. The average Bonchev–Trinajstić information content (AvgIpc) is 2.70. The Morgan fingerprint density at radius 1 is 0.844 bits per heavy atom. The lowest BCUT2D eigenvalue weighted by molar-refractivity contribution is -0.143. The highest BCUT2D eigenvalue weighted by molar-refractivity contribution is 7.98. The topological polar surface area (TPSA) is 225 Å². The van der Waals surface area contributed by atoms with E-state index in [-0.39, 0.29) is 18.6 Å². The summed E-state index contributed by atoms with van der Waals surface area (Å²) in [7, 11) is 0. The summed E-state index contributed by atoms with van der Waals surface area (Å²) in [5.41, 5.74) is 5.46. The first-order valence-electron chi connectivity index (χ1n) is 9.35. The third-order valence-corrected chi connectivity index (χ3v) is 5.06. The Bertz CT molecular complexity index is 708. The summed E-state index contributed by atoms with van der Waals surface area (Å²) in [4.78, 5) is 69.8. The molecule has 0 aliphatic rings. The SMILES string of the molecule is CSCCC(NC(=O)C(CS)NC(=O)C(N)CC(=O)O)C(=O)NC(CCC(=O)O)C(=O)O. The van der Waals surface area contributed by atoms with Crippen LogP contribution >= 0.6 is 24.4 Å². The summed E-state index contributed by atoms with van der Waals surface area (Å²) in [6.45, 7) is 0. The van der Waals surface area contributed by atoms with E-state index < -0.39 is 72.6 Å². The first kappa shape index (κ1) is 29.5. The molecular formula is C17H28N4O9S2. The van der Waals surface area contributed by atoms with Crippen molar-refractivity contribution < 1.29 is 44.1 Å². The van der Waals surface area contributed by atoms with Gasteiger partial charge in [-0.05, 0) is 24.9 Å². The van der Waals surface area contributed by atoms with Crippen molar-refractivity contribution in [2.75, 3.05) is 17.8 Å². The van der Waals surface area contributed by atoms with Crippen LogP contribution in [-0.4, -0.2) is 92.9 Å². The maximum absolute atomic E-state index is 12.6. The predicted octanol–water partition coefficient (Wildman–Crippen LogP) is -2.12. The molecular weight excluding hydrogens is 468 g/mol. The summed E-state index contributed by atoms with van der Waals surface area (Å²) in [5, 5.41) is 33.5. The van der Waals surface area contributed by atoms with E-state index in [1.165, 1.54) is 11.8 Å². The number of hydrogen-bond donors (Lipinski definition) is 8. The zero-order valence-electron chi connectivity index (χ0n) is 17.3. The van der Waals surface area contributed by atoms with Crippen molar-refractivity contribution in [1.29, 1.82) is 0 Å². The number of carboxylic acid groups (broad SMARTS) is 3. The number of rotatable bonds is 16. The van der Waals surface area contributed by atoms with Crippen molar-refractivity contribution in [2.45, 2.75) is 49.9 Å². The molecule has 0 saturated carbocycles. The molecule has 8 N–H and O–H groups in total. The molecule has 0 aromatic rings. The standard InChI is InChI=1S/C17H28N4O9S2/c1-32-5-4-9(15(27)20-10(17(29)30)2-3-12(22)23)19-16(28)11(7-31)21-14(26)8(18)6-13(24)25/h8-11,31H,2-7,18H2,1H3,(H,19,28)(H,20,27)(H,21,26)(H,22,23)(H,24,25)(H,29,30). The Balaban J connectivity index is 5.23. The van der Waals surface area contributed by atoms with Gasteiger partial charge in [0.05, 0.1) is 12.5 Å². The van der Waals surface area contributed by atoms with Gasteiger partial charge >= 0.3 is 17.9 Å². The van der Waals surface area contributed by atoms with Crippen LogP contribution in [0.4, 0.5) is 0 Å². The van der Waals surface area contributed by atoms with Gasteiger partial charge in [-0.15, -0.1) is 0 Å². The van der Waals surface area contributed by atoms with E-state index in [9.17, 15) is 33.9 Å². The molecule has 0 saturated heterocycles. The maximum atomic E-state index is 12.6. The summed E-state index contributed by atoms with van der Waals surface area (Å²) in [6, 6.07) is -5.28. The smallest absolute Gasteiger partial charge is 0.326 e. The molecule has 13 nitrogen and oxygen atoms in total. The number of carbonyl (C=O) groups excluding carboxylic acids is 3. The van der Waals surface area contributed by atoms with E-state index >= 15 is 0 Å². The van der Waals surface area contributed by atoms with Gasteiger partial charge in [-0.25, -0.2) is 4.79 Å². The van der Waals surface area contributed by atoms with Crippen molar-refractivity contribution in [3.63, 3.8) is 0 Å². The second-order valence-electron chi connectivity index (χ2n) is 6.62. The number of hydrogen-bond acceptors (Lipinski definition) is 9. The minimum absolute atomic E-state index is 0.121. The van der Waals surface area contributed by atoms with Gasteiger partial charge < -0.3 is 37.0 Å². The highest BCUT2D eigenvalue weighted by Gasteiger charge is 2.30. The molecule has 4 atom stereocenters. The highest BCUT2D eigenvalue weighted by atomic mass is 32.2. The molecule has 4 unspecified atom stereocenters. The monoisotopic (exact) mass is 496 g/mol. The molecule has 0 heterocycles. The van der Waals surface area contributed by atoms with Crippen LogP contribution in [0.25, 0.3) is 0 Å². The number of aliphatic carboxylic acids is 3. The maximum Gasteiger partial charge on any atom is 0.326 e. The van der Waals surface area contributed by atoms with Crippen molar-refractivity contribution in [1.82, 2.24) is 16.0 Å². The molecule has 3 amide bonds. The molecule has 0 aliphatic heterocycles. The Labute approximate surface area is 193 Å². The van der Waals surface area contributed by atoms with E-state index in [0.717, 1.165) is 0 Å². The lowest BCUT2D eigenvalue weighted by atomic mass is 10.1. The Morgan fingerprint density at radius 3 is 1.84 bits per heavy atom. The first-order chi connectivity index (χ1) is 14.9. The molecule has 0 fully saturated rings. The largest absolute Gasteiger partial charge is 0.481 e. The molecule has 15 heteroatoms. The third kappa shape index (κ3) is 11.8. The number of carbonyl (C=O) groups is 6. The van der Waals surface area contributed by atoms with E-state index in [0.29, 0.717) is 5.75 Å². The van der Waals surface area contributed by atoms with Crippen LogP contribution in [0, 0.1) is 0 Å². The molecule has 0 radical (unpaired) electrons. The second kappa shape index (κ2) is 15.3. The molecule has 0 spiro atoms. The zero-order valence-corrected chi connectivity index (χ0v) is 19.0. The lowest BCUT2D eigenvalue weighted by Gasteiger charge is -2.24. The average molecular weight is 497 g/mol. The van der Waals surface area contributed by atoms with Gasteiger partial charge in [-0.2, -0.15) is 24.4 Å². The fourth-order valence-electron chi connectivity index (χ4n) is 2.33. The summed E-state index contributed by atoms with van der Waals surface area (Å²) >= 11 is 5.34. The third-order valence-electron chi connectivity index (χ3n) is 4.05. The van der Waals surface area contributed by atoms with Crippen LogP contribution in [0.1, 0.15) is 25.7 Å². The van der Waals surface area contributed by atoms with Gasteiger partial charge in [0.25, 0.3) is 0 Å². The van der Waals surface area contributed by atoms with Crippen LogP contribution in [0.2, 0.25) is 0 Å². The first-order valence-corrected chi connectivity index (χ1v) is 11.4. The number of amides is 3. The molecule has 0 aromatic carbocycles. The van der Waals surface area contributed by atoms with Gasteiger partial charge in [0.1, 0.15) is 18.1 Å². The van der Waals surface area contributed by atoms with Gasteiger partial charge in [-0.1, -0.05) is 0 Å². The molecule has 0 aromatic heterocycles. The fraction of sp³-hybridized carbons (Fsp3) is 0.647. The summed E-state index contributed by atoms with van der Waals surface area (Å²) in [5.74, 6) is -6.27. The normalized spacial score (nSPS) is 14.3. The molecule has 182 valence electrons. The highest BCUT2D eigenvalue weighted by Crippen LogP contribution is 2.05. The van der Waals surface area contributed by atoms with Gasteiger partial charge in [0.15, 0.2) is 0 Å². The van der Waals surface area contributed by atoms with Crippen molar-refractivity contribution >= 4 is 60.0 Å². The minimum atomic E-state index is -1.47. The van der Waals surface area contributed by atoms with Crippen LogP contribution in [0.15, 0.2) is 0 Å². The van der Waals surface area contributed by atoms with Crippen LogP contribution in [0.5, 0.6) is 0 Å². The second-order valence-corrected chi connectivity index (χ2v) is 7.97. The van der Waals surface area contributed by atoms with E-state index in [2.05, 4.69) is 28.6 Å². The number of carboxylic acids is 3. The van der Waals surface area contributed by atoms with Gasteiger partial charge in [-0.3, -0.25) is 24.0 Å². The van der Waals surface area contributed by atoms with Crippen molar-refractivity contribution in [3.8, 4) is 0 Å². The number of nitrogens with two attached hydrogens (primary N) is 1. The van der Waals surface area contributed by atoms with Crippen LogP contribution in [-0.2, 0) is 28.8 Å². The molecule has 32 heavy (non-hydrogen) atoms. The van der Waals surface area contributed by atoms with Crippen molar-refractivity contribution in [3.05, 3.63) is 0 Å².